The largest absolute Gasteiger partial charge is 2.00 e. The van der Waals surface area contributed by atoms with Gasteiger partial charge in [0.15, 0.2) is 0 Å². The van der Waals surface area contributed by atoms with Crippen LogP contribution in [0.3, 0.4) is 0 Å². The van der Waals surface area contributed by atoms with Crippen molar-refractivity contribution in [2.45, 2.75) is 267 Å². The molecule has 2 N–H and O–H groups in total. The van der Waals surface area contributed by atoms with Gasteiger partial charge in [0.1, 0.15) is 34.4 Å². The maximum Gasteiger partial charge on any atom is 2.00 e. The first kappa shape index (κ1) is 111. The minimum absolute atomic E-state index is 0. The van der Waals surface area contributed by atoms with Crippen LogP contribution in [0.1, 0.15) is 214 Å². The number of halogens is 6. The molecule has 10 aliphatic heterocycles. The molecule has 0 spiro atoms. The molecule has 0 radical (unpaired) electrons. The standard InChI is InChI=1S/C21H25NO2.C21H25NO.C21H23NO.C20H23NO.C12H19NO3.C7H7O.2CH3I.2CH4.BrH.3HI.Mg.V/c1-24-20-9-5-8-17(12-20)21(23)13-18-10-11-19(14-21)22(18)15-16-6-3-2-4-7-16;2*1-23-21-9-5-8-17(14-21)18-12-19-10-11-20(13-18)22(19)15-16-6-3-2-4-7-16;22-20-8-4-7-16(13-20)17-11-18-9-10-19(12-17)21(18)14-15-5-2-1-3-6-15;1-12(2,3)16-11(15)13-8-4-5-9(13)7-10(14)6-8;1-8-7-5-3-2-4-6-7;2*1-2;;;;;;;;/h2-9,12,18-19,23H,10-11,13-15H2,1H3;2-9,14,18-20H,10-13,15H2,1H3;2-9,12,14,19-20H,10-11,13,15H2,1H3;1-8,13,17-19,22H,9-12,14H2;8-9H,4-7H2,1-3H3;2-3,5-6H,1H3;2*1H3;2*1H4;4*1H;;/q;;;;;-1;;;;;;;;;+2;+3/p-4. The number of ketones is 1. The first-order valence-corrected chi connectivity index (χ1v) is 61.9. The second-order valence-corrected chi connectivity index (χ2v) is 70.3. The fraction of sp³-hybridized carbons (Fsp3) is 0.453. The summed E-state index contributed by atoms with van der Waals surface area (Å²) in [6.07, 6.45) is 23.3. The van der Waals surface area contributed by atoms with E-state index < -0.39 is 11.2 Å². The number of phenols is 1. The molecule has 19 rings (SSSR count). The van der Waals surface area contributed by atoms with E-state index in [2.05, 4.69) is 301 Å². The SMILES string of the molecule is C.C.CC(C)(C)OC(=O)N1C2CCC1CC(=O)C2.CI.CI.COc1c[c-]ccc1.COc1cccc(C2(O)CC3CCC(C2)N3Cc2ccccc2)c1.COc1cccc(C2=CC3CCC(C2)N3Cc2ccccc2)c1.COc1cccc(C2CC3CCC(C2)N3Cc2ccccc2)c1.Oc1cccc(C2CC3CCC(C2)N3Cc2ccccc2)c1.[Br-].[I][V]([I])[I].[Mg+2]. The average molecular weight is 2410 g/mol. The van der Waals surface area contributed by atoms with Crippen molar-refractivity contribution in [3.05, 3.63) is 299 Å². The Morgan fingerprint density at radius 2 is 0.828 bits per heavy atom. The number of carbonyl (C=O) groups excluding carboxylic acids is 2. The first-order valence-electron chi connectivity index (χ1n) is 44.1. The predicted molar refractivity (Wildman–Crippen MR) is 564 cm³/mol. The normalized spacial score (nSPS) is 24.0. The zero-order valence-corrected chi connectivity index (χ0v) is 90.0. The van der Waals surface area contributed by atoms with E-state index in [9.17, 15) is 19.8 Å². The molecule has 10 bridgehead atoms. The summed E-state index contributed by atoms with van der Waals surface area (Å²) in [5.41, 5.74) is 11.0. The number of rotatable bonds is 16. The molecule has 0 aliphatic carbocycles. The number of nitrogens with zero attached hydrogens (tertiary/aromatic N) is 5. The summed E-state index contributed by atoms with van der Waals surface area (Å²) in [6.45, 7) is 9.85. The van der Waals surface area contributed by atoms with Gasteiger partial charge in [-0.25, -0.2) is 4.79 Å². The van der Waals surface area contributed by atoms with Crippen LogP contribution < -0.4 is 35.9 Å². The van der Waals surface area contributed by atoms with E-state index in [-0.39, 0.29) is 83.8 Å². The summed E-state index contributed by atoms with van der Waals surface area (Å²) in [5.74, 6) is 5.59. The molecule has 9 saturated heterocycles. The van der Waals surface area contributed by atoms with Crippen LogP contribution in [-0.2, 0) is 46.2 Å². The number of fused-ring (bicyclic) bond motifs is 10. The minimum atomic E-state index is -0.729. The zero-order valence-electron chi connectivity index (χ0n) is 74.8. The van der Waals surface area contributed by atoms with Gasteiger partial charge in [0.05, 0.1) is 34.0 Å². The van der Waals surface area contributed by atoms with Gasteiger partial charge in [0, 0.05) is 105 Å². The number of aliphatic hydroxyl groups is 1. The van der Waals surface area contributed by atoms with E-state index in [1.165, 1.54) is 122 Å². The molecule has 14 nitrogen and oxygen atoms in total. The Morgan fingerprint density at radius 1 is 0.453 bits per heavy atom. The molecule has 22 heteroatoms. The van der Waals surface area contributed by atoms with Gasteiger partial charge < -0.3 is 55.8 Å². The number of phenolic OH excluding ortho intramolecular Hbond substituents is 1. The quantitative estimate of drug-likeness (QED) is 0.0411. The van der Waals surface area contributed by atoms with Crippen LogP contribution in [0.15, 0.2) is 249 Å². The average Bonchev–Trinajstić information content (AvgIpc) is 1.57. The number of hydrogen-bond acceptors (Lipinski definition) is 13. The van der Waals surface area contributed by atoms with Crippen molar-refractivity contribution in [3.8, 4) is 28.7 Å². The summed E-state index contributed by atoms with van der Waals surface area (Å²) in [7, 11) is 6.81. The van der Waals surface area contributed by atoms with Crippen molar-refractivity contribution < 1.29 is 65.4 Å². The van der Waals surface area contributed by atoms with Crippen molar-refractivity contribution in [1.82, 2.24) is 24.5 Å². The molecular weight excluding hydrogens is 2280 g/mol. The molecule has 10 unspecified atom stereocenters. The first-order chi connectivity index (χ1) is 60.2. The Hall–Kier alpha value is -4.06. The summed E-state index contributed by atoms with van der Waals surface area (Å²) >= 11 is 11.7. The molecule has 9 aromatic rings. The summed E-state index contributed by atoms with van der Waals surface area (Å²) < 4.78 is 26.4. The number of benzene rings is 9. The van der Waals surface area contributed by atoms with Crippen LogP contribution in [0.25, 0.3) is 5.57 Å². The molecule has 10 heterocycles. The molecule has 688 valence electrons. The Kier molecular flexibility index (Phi) is 48.9. The molecule has 1 amide bonds. The maximum atomic E-state index is 12.0. The van der Waals surface area contributed by atoms with Gasteiger partial charge in [-0.2, -0.15) is 18.2 Å². The van der Waals surface area contributed by atoms with Gasteiger partial charge in [0.25, 0.3) is 0 Å². The van der Waals surface area contributed by atoms with Crippen molar-refractivity contribution in [2.75, 3.05) is 38.3 Å². The van der Waals surface area contributed by atoms with Crippen LogP contribution in [0.5, 0.6) is 28.7 Å². The number of carbonyl (C=O) groups is 2. The van der Waals surface area contributed by atoms with Gasteiger partial charge in [0.2, 0.25) is 0 Å². The van der Waals surface area contributed by atoms with Gasteiger partial charge >= 0.3 is 94.0 Å². The number of ether oxygens (including phenoxy) is 5. The third-order valence-electron chi connectivity index (χ3n) is 26.1. The monoisotopic (exact) mass is 2410 g/mol. The molecule has 10 atom stereocenters. The number of amides is 1. The molecule has 0 aromatic heterocycles. The van der Waals surface area contributed by atoms with Crippen LogP contribution in [0, 0.1) is 6.07 Å². The van der Waals surface area contributed by atoms with Gasteiger partial charge in [-0.15, -0.1) is 12.1 Å². The smallest absolute Gasteiger partial charge is 2.00 e. The summed E-state index contributed by atoms with van der Waals surface area (Å²) in [4.78, 5) is 39.6. The van der Waals surface area contributed by atoms with Crippen molar-refractivity contribution in [3.63, 3.8) is 0 Å². The molecule has 9 aromatic carbocycles. The Balaban J connectivity index is 0.000000209. The van der Waals surface area contributed by atoms with Crippen molar-refractivity contribution in [1.29, 1.82) is 0 Å². The summed E-state index contributed by atoms with van der Waals surface area (Å²) in [5, 5.41) is 21.1. The fourth-order valence-electron chi connectivity index (χ4n) is 20.5. The van der Waals surface area contributed by atoms with Crippen LogP contribution >= 0.6 is 105 Å². The number of aromatic hydroxyl groups is 1. The second-order valence-electron chi connectivity index (χ2n) is 34.9. The van der Waals surface area contributed by atoms with E-state index in [1.54, 1.807) is 45.5 Å². The van der Waals surface area contributed by atoms with Crippen molar-refractivity contribution in [2.24, 2.45) is 0 Å². The fourth-order valence-corrected chi connectivity index (χ4v) is 20.5. The third-order valence-corrected chi connectivity index (χ3v) is 26.1. The summed E-state index contributed by atoms with van der Waals surface area (Å²) in [6, 6.07) is 91.8. The van der Waals surface area contributed by atoms with Crippen LogP contribution in [0.4, 0.5) is 4.79 Å². The topological polar surface area (TPSA) is 137 Å². The van der Waals surface area contributed by atoms with E-state index in [0.29, 0.717) is 66.7 Å². The number of Topliss-reactive ketones (excluding diaryl/α,β-unsaturated/α-hetero) is 1. The minimum Gasteiger partial charge on any atom is 2.00 e. The molecular formula is C106H136BrI5MgN5O9V. The number of methoxy groups -OCH3 is 4. The van der Waals surface area contributed by atoms with Gasteiger partial charge in [-0.1, -0.05) is 236 Å². The van der Waals surface area contributed by atoms with Gasteiger partial charge in [-0.05, 0) is 250 Å². The molecule has 10 aliphatic rings. The van der Waals surface area contributed by atoms with Crippen LogP contribution in [-0.4, -0.2) is 174 Å². The van der Waals surface area contributed by atoms with Gasteiger partial charge in [-0.3, -0.25) is 24.4 Å². The number of piperidine rings is 4. The Bertz CT molecular complexity index is 4670. The molecule has 0 saturated carbocycles. The van der Waals surface area contributed by atoms with Crippen LogP contribution in [0.2, 0.25) is 0 Å². The predicted octanol–water partition coefficient (Wildman–Crippen LogP) is 23.4. The van der Waals surface area contributed by atoms with E-state index in [4.69, 9.17) is 23.7 Å². The zero-order chi connectivity index (χ0) is 88.1. The number of hydrogen-bond donors (Lipinski definition) is 2. The Labute approximate surface area is 859 Å². The van der Waals surface area contributed by atoms with E-state index in [0.717, 1.165) is 98.9 Å². The Morgan fingerprint density at radius 3 is 1.24 bits per heavy atom. The maximum absolute atomic E-state index is 12.0. The molecule has 128 heavy (non-hydrogen) atoms. The van der Waals surface area contributed by atoms with Crippen molar-refractivity contribution >= 4 is 146 Å². The number of alkyl halides is 2. The molecule has 9 fully saturated rings. The van der Waals surface area contributed by atoms with E-state index in [1.807, 2.05) is 97.4 Å². The van der Waals surface area contributed by atoms with E-state index >= 15 is 0 Å². The third kappa shape index (κ3) is 32.6. The second kappa shape index (κ2) is 56.5.